The summed E-state index contributed by atoms with van der Waals surface area (Å²) in [6.07, 6.45) is 0. The summed E-state index contributed by atoms with van der Waals surface area (Å²) in [6.45, 7) is 2.20. The molecule has 0 spiro atoms. The van der Waals surface area contributed by atoms with Crippen LogP contribution in [0.4, 0.5) is 8.78 Å². The van der Waals surface area contributed by atoms with Crippen LogP contribution < -0.4 is 10.1 Å². The van der Waals surface area contributed by atoms with Crippen LogP contribution in [0.3, 0.4) is 0 Å². The molecule has 0 saturated heterocycles. The highest BCUT2D eigenvalue weighted by atomic mass is 19.1. The number of ether oxygens (including phenoxy) is 1. The molecule has 2 rings (SSSR count). The number of hydrogen-bond donors (Lipinski definition) is 1. The van der Waals surface area contributed by atoms with Crippen LogP contribution in [-0.4, -0.2) is 14.2 Å². The summed E-state index contributed by atoms with van der Waals surface area (Å²) in [5.74, 6) is -0.385. The monoisotopic (exact) mass is 277 g/mol. The Labute approximate surface area is 117 Å². The molecule has 0 unspecified atom stereocenters. The molecule has 0 aliphatic heterocycles. The maximum Gasteiger partial charge on any atom is 0.133 e. The minimum absolute atomic E-state index is 0.400. The topological polar surface area (TPSA) is 21.3 Å². The summed E-state index contributed by atoms with van der Waals surface area (Å²) in [4.78, 5) is 0. The predicted molar refractivity (Wildman–Crippen MR) is 75.8 cm³/mol. The smallest absolute Gasteiger partial charge is 0.133 e. The summed E-state index contributed by atoms with van der Waals surface area (Å²) in [5.41, 5.74) is 2.46. The third kappa shape index (κ3) is 2.80. The van der Waals surface area contributed by atoms with Crippen molar-refractivity contribution in [3.8, 4) is 16.9 Å². The van der Waals surface area contributed by atoms with Crippen molar-refractivity contribution in [3.05, 3.63) is 53.1 Å². The first-order valence-corrected chi connectivity index (χ1v) is 6.34. The van der Waals surface area contributed by atoms with E-state index in [1.165, 1.54) is 6.07 Å². The molecule has 20 heavy (non-hydrogen) atoms. The van der Waals surface area contributed by atoms with E-state index < -0.39 is 11.6 Å². The van der Waals surface area contributed by atoms with Crippen LogP contribution in [-0.2, 0) is 6.54 Å². The molecule has 0 saturated carbocycles. The molecule has 0 aliphatic carbocycles. The molecule has 0 heterocycles. The van der Waals surface area contributed by atoms with Gasteiger partial charge in [0.1, 0.15) is 17.4 Å². The van der Waals surface area contributed by atoms with Crippen molar-refractivity contribution < 1.29 is 13.5 Å². The lowest BCUT2D eigenvalue weighted by molar-refractivity contribution is 0.414. The normalized spacial score (nSPS) is 10.7. The van der Waals surface area contributed by atoms with Gasteiger partial charge in [-0.3, -0.25) is 0 Å². The maximum absolute atomic E-state index is 14.0. The Morgan fingerprint density at radius 1 is 1.05 bits per heavy atom. The van der Waals surface area contributed by atoms with Gasteiger partial charge in [0.2, 0.25) is 0 Å². The quantitative estimate of drug-likeness (QED) is 0.920. The molecule has 2 aromatic carbocycles. The van der Waals surface area contributed by atoms with Gasteiger partial charge in [0.05, 0.1) is 7.11 Å². The van der Waals surface area contributed by atoms with Gasteiger partial charge in [-0.05, 0) is 48.9 Å². The van der Waals surface area contributed by atoms with Crippen molar-refractivity contribution in [2.45, 2.75) is 13.5 Å². The average Bonchev–Trinajstić information content (AvgIpc) is 2.43. The molecule has 0 bridgehead atoms. The molecular formula is C16H17F2NO. The molecule has 0 amide bonds. The average molecular weight is 277 g/mol. The van der Waals surface area contributed by atoms with Crippen LogP contribution in [0.5, 0.6) is 5.75 Å². The van der Waals surface area contributed by atoms with Crippen LogP contribution in [0.25, 0.3) is 11.1 Å². The zero-order valence-electron chi connectivity index (χ0n) is 11.8. The van der Waals surface area contributed by atoms with Crippen LogP contribution in [0, 0.1) is 18.6 Å². The minimum Gasteiger partial charge on any atom is -0.497 e. The Morgan fingerprint density at radius 2 is 1.80 bits per heavy atom. The van der Waals surface area contributed by atoms with Crippen molar-refractivity contribution in [2.24, 2.45) is 0 Å². The van der Waals surface area contributed by atoms with Gasteiger partial charge in [-0.15, -0.1) is 0 Å². The van der Waals surface area contributed by atoms with Crippen molar-refractivity contribution >= 4 is 0 Å². The number of aryl methyl sites for hydroxylation is 1. The zero-order valence-corrected chi connectivity index (χ0v) is 11.8. The van der Waals surface area contributed by atoms with Gasteiger partial charge >= 0.3 is 0 Å². The van der Waals surface area contributed by atoms with E-state index in [1.54, 1.807) is 26.2 Å². The molecule has 0 aromatic heterocycles. The summed E-state index contributed by atoms with van der Waals surface area (Å²) < 4.78 is 32.6. The zero-order chi connectivity index (χ0) is 14.7. The lowest BCUT2D eigenvalue weighted by atomic mass is 9.97. The third-order valence-corrected chi connectivity index (χ3v) is 3.22. The molecule has 2 nitrogen and oxygen atoms in total. The van der Waals surface area contributed by atoms with E-state index in [4.69, 9.17) is 4.74 Å². The van der Waals surface area contributed by atoms with Gasteiger partial charge in [-0.2, -0.15) is 0 Å². The first-order chi connectivity index (χ1) is 9.56. The van der Waals surface area contributed by atoms with Crippen LogP contribution >= 0.6 is 0 Å². The fourth-order valence-corrected chi connectivity index (χ4v) is 2.16. The van der Waals surface area contributed by atoms with E-state index in [2.05, 4.69) is 5.32 Å². The number of hydrogen-bond acceptors (Lipinski definition) is 2. The van der Waals surface area contributed by atoms with Gasteiger partial charge in [0.25, 0.3) is 0 Å². The summed E-state index contributed by atoms with van der Waals surface area (Å²) >= 11 is 0. The second-order valence-electron chi connectivity index (χ2n) is 4.63. The molecule has 4 heteroatoms. The van der Waals surface area contributed by atoms with Crippen LogP contribution in [0.15, 0.2) is 30.3 Å². The second kappa shape index (κ2) is 6.01. The highest BCUT2D eigenvalue weighted by Gasteiger charge is 2.13. The fourth-order valence-electron chi connectivity index (χ4n) is 2.16. The molecular weight excluding hydrogens is 260 g/mol. The molecule has 0 radical (unpaired) electrons. The van der Waals surface area contributed by atoms with E-state index in [9.17, 15) is 8.78 Å². The number of nitrogens with one attached hydrogen (secondary N) is 1. The maximum atomic E-state index is 14.0. The van der Waals surface area contributed by atoms with Gasteiger partial charge < -0.3 is 10.1 Å². The Kier molecular flexibility index (Phi) is 4.35. The van der Waals surface area contributed by atoms with Crippen LogP contribution in [0.2, 0.25) is 0 Å². The van der Waals surface area contributed by atoms with Gasteiger partial charge in [-0.1, -0.05) is 6.07 Å². The van der Waals surface area contributed by atoms with Crippen LogP contribution in [0.1, 0.15) is 11.1 Å². The van der Waals surface area contributed by atoms with Crippen molar-refractivity contribution in [3.63, 3.8) is 0 Å². The Balaban J connectivity index is 2.59. The van der Waals surface area contributed by atoms with Crippen molar-refractivity contribution in [1.29, 1.82) is 0 Å². The number of halogens is 2. The molecule has 106 valence electrons. The minimum atomic E-state index is -0.560. The third-order valence-electron chi connectivity index (χ3n) is 3.22. The van der Waals surface area contributed by atoms with E-state index in [0.717, 1.165) is 17.2 Å². The Bertz CT molecular complexity index is 626. The number of rotatable bonds is 4. The predicted octanol–water partition coefficient (Wildman–Crippen LogP) is 3.67. The van der Waals surface area contributed by atoms with E-state index >= 15 is 0 Å². The number of methoxy groups -OCH3 is 1. The van der Waals surface area contributed by atoms with E-state index in [0.29, 0.717) is 23.4 Å². The summed E-state index contributed by atoms with van der Waals surface area (Å²) in [5, 5.41) is 3.04. The lowest BCUT2D eigenvalue weighted by Crippen LogP contribution is -2.07. The first-order valence-electron chi connectivity index (χ1n) is 6.34. The second-order valence-corrected chi connectivity index (χ2v) is 4.63. The largest absolute Gasteiger partial charge is 0.497 e. The first kappa shape index (κ1) is 14.5. The van der Waals surface area contributed by atoms with Gasteiger partial charge in [-0.25, -0.2) is 8.78 Å². The molecule has 0 fully saturated rings. The van der Waals surface area contributed by atoms with Gasteiger partial charge in [0.15, 0.2) is 0 Å². The van der Waals surface area contributed by atoms with Crippen molar-refractivity contribution in [2.75, 3.05) is 14.2 Å². The highest BCUT2D eigenvalue weighted by molar-refractivity contribution is 5.69. The lowest BCUT2D eigenvalue weighted by Gasteiger charge is -2.13. The highest BCUT2D eigenvalue weighted by Crippen LogP contribution is 2.31. The Morgan fingerprint density at radius 3 is 2.45 bits per heavy atom. The van der Waals surface area contributed by atoms with Gasteiger partial charge in [0, 0.05) is 18.2 Å². The summed E-state index contributed by atoms with van der Waals surface area (Å²) in [6, 6.07) is 7.88. The summed E-state index contributed by atoms with van der Waals surface area (Å²) in [7, 11) is 3.40. The van der Waals surface area contributed by atoms with E-state index in [-0.39, 0.29) is 0 Å². The molecule has 0 aliphatic rings. The molecule has 2 aromatic rings. The molecule has 1 N–H and O–H groups in total. The SMILES string of the molecule is CNCc1cc(OC)ccc1-c1cc(C)c(F)cc1F. The van der Waals surface area contributed by atoms with E-state index in [1.807, 2.05) is 13.1 Å². The standard InChI is InChI=1S/C16H17F2NO/c1-10-6-14(16(18)8-15(10)17)13-5-4-12(20-3)7-11(13)9-19-2/h4-8,19H,9H2,1-3H3. The fraction of sp³-hybridized carbons (Fsp3) is 0.250. The molecule has 0 atom stereocenters. The Hall–Kier alpha value is -1.94. The number of benzene rings is 2. The van der Waals surface area contributed by atoms with Crippen molar-refractivity contribution in [1.82, 2.24) is 5.32 Å².